The highest BCUT2D eigenvalue weighted by Gasteiger charge is 2.38. The fourth-order valence-corrected chi connectivity index (χ4v) is 5.37. The Morgan fingerprint density at radius 1 is 0.897 bits per heavy atom. The minimum Gasteiger partial charge on any atom is -0.462 e. The van der Waals surface area contributed by atoms with Crippen molar-refractivity contribution in [1.82, 2.24) is 0 Å². The minimum atomic E-state index is -0.179. The second-order valence-electron chi connectivity index (χ2n) is 9.91. The quantitative estimate of drug-likeness (QED) is 0.247. The van der Waals surface area contributed by atoms with Gasteiger partial charge in [-0.25, -0.2) is 0 Å². The summed E-state index contributed by atoms with van der Waals surface area (Å²) in [5.74, 6) is 0.896. The highest BCUT2D eigenvalue weighted by molar-refractivity contribution is 5.72. The first-order valence-corrected chi connectivity index (χ1v) is 12.7. The minimum absolute atomic E-state index is 0.0214. The molecule has 2 aliphatic carbocycles. The number of rotatable bonds is 12. The van der Waals surface area contributed by atoms with Crippen molar-refractivity contribution in [3.63, 3.8) is 0 Å². The van der Waals surface area contributed by atoms with Crippen LogP contribution in [0.25, 0.3) is 0 Å². The van der Waals surface area contributed by atoms with Gasteiger partial charge in [-0.3, -0.25) is 4.79 Å². The summed E-state index contributed by atoms with van der Waals surface area (Å²) in [7, 11) is 0. The average Bonchev–Trinajstić information content (AvgIpc) is 2.75. The number of ether oxygens (including phenoxy) is 1. The summed E-state index contributed by atoms with van der Waals surface area (Å²) in [4.78, 5) is 12.7. The van der Waals surface area contributed by atoms with Crippen molar-refractivity contribution in [3.05, 3.63) is 0 Å². The zero-order valence-electron chi connectivity index (χ0n) is 19.2. The van der Waals surface area contributed by atoms with Crippen LogP contribution in [0.4, 0.5) is 0 Å². The van der Waals surface area contributed by atoms with Crippen molar-refractivity contribution in [2.24, 2.45) is 17.3 Å². The van der Waals surface area contributed by atoms with Crippen molar-refractivity contribution in [2.45, 2.75) is 136 Å². The molecule has 2 saturated carbocycles. The van der Waals surface area contributed by atoms with Crippen LogP contribution in [0.5, 0.6) is 0 Å². The average molecular weight is 404 g/mol. The van der Waals surface area contributed by atoms with Gasteiger partial charge in [-0.2, -0.15) is 5.26 Å². The molecular weight excluding hydrogens is 358 g/mol. The van der Waals surface area contributed by atoms with E-state index in [4.69, 9.17) is 4.74 Å². The van der Waals surface area contributed by atoms with Crippen molar-refractivity contribution in [1.29, 1.82) is 5.26 Å². The van der Waals surface area contributed by atoms with Gasteiger partial charge in [0.15, 0.2) is 0 Å². The van der Waals surface area contributed by atoms with Gasteiger partial charge in [0.2, 0.25) is 0 Å². The Bertz CT molecular complexity index is 493. The van der Waals surface area contributed by atoms with E-state index in [-0.39, 0.29) is 23.4 Å². The summed E-state index contributed by atoms with van der Waals surface area (Å²) < 4.78 is 5.92. The van der Waals surface area contributed by atoms with Gasteiger partial charge in [0.25, 0.3) is 0 Å². The second kappa shape index (κ2) is 13.3. The maximum absolute atomic E-state index is 12.7. The van der Waals surface area contributed by atoms with E-state index in [0.717, 1.165) is 57.3 Å². The van der Waals surface area contributed by atoms with Crippen molar-refractivity contribution in [2.75, 3.05) is 0 Å². The van der Waals surface area contributed by atoms with Gasteiger partial charge < -0.3 is 4.74 Å². The SMILES string of the molecule is CCCCCCC[C@H]1CC[C@H](OC(=O)[C@H]2CC[C@](C#N)(CCCCC)CC2)CC1. The smallest absolute Gasteiger partial charge is 0.309 e. The zero-order chi connectivity index (χ0) is 21.0. The zero-order valence-corrected chi connectivity index (χ0v) is 19.2. The van der Waals surface area contributed by atoms with Crippen molar-refractivity contribution >= 4 is 5.97 Å². The third-order valence-electron chi connectivity index (χ3n) is 7.56. The normalized spacial score (nSPS) is 29.9. The molecule has 0 saturated heterocycles. The highest BCUT2D eigenvalue weighted by Crippen LogP contribution is 2.43. The Morgan fingerprint density at radius 2 is 1.52 bits per heavy atom. The first-order chi connectivity index (χ1) is 14.1. The molecule has 0 aromatic heterocycles. The number of esters is 1. The van der Waals surface area contributed by atoms with Crippen LogP contribution in [0.3, 0.4) is 0 Å². The predicted molar refractivity (Wildman–Crippen MR) is 119 cm³/mol. The van der Waals surface area contributed by atoms with Gasteiger partial charge in [-0.1, -0.05) is 71.6 Å². The summed E-state index contributed by atoms with van der Waals surface area (Å²) >= 11 is 0. The van der Waals surface area contributed by atoms with E-state index >= 15 is 0 Å². The van der Waals surface area contributed by atoms with Crippen molar-refractivity contribution in [3.8, 4) is 6.07 Å². The molecule has 0 unspecified atom stereocenters. The summed E-state index contributed by atoms with van der Waals surface area (Å²) in [5, 5.41) is 9.69. The Morgan fingerprint density at radius 3 is 2.14 bits per heavy atom. The summed E-state index contributed by atoms with van der Waals surface area (Å²) in [6.45, 7) is 4.47. The number of nitrogens with zero attached hydrogens (tertiary/aromatic N) is 1. The molecule has 2 aliphatic rings. The number of hydrogen-bond acceptors (Lipinski definition) is 3. The Balaban J connectivity index is 1.63. The van der Waals surface area contributed by atoms with Crippen LogP contribution in [0.15, 0.2) is 0 Å². The lowest BCUT2D eigenvalue weighted by Gasteiger charge is -2.35. The molecule has 166 valence electrons. The summed E-state index contributed by atoms with van der Waals surface area (Å²) in [6.07, 6.45) is 20.9. The molecule has 2 rings (SSSR count). The maximum Gasteiger partial charge on any atom is 0.309 e. The number of unbranched alkanes of at least 4 members (excludes halogenated alkanes) is 6. The molecule has 0 aliphatic heterocycles. The van der Waals surface area contributed by atoms with Crippen LogP contribution in [0.1, 0.15) is 129 Å². The fourth-order valence-electron chi connectivity index (χ4n) is 5.37. The van der Waals surface area contributed by atoms with E-state index in [1.807, 2.05) is 0 Å². The molecule has 0 atom stereocenters. The van der Waals surface area contributed by atoms with E-state index in [0.29, 0.717) is 0 Å². The van der Waals surface area contributed by atoms with Gasteiger partial charge in [0, 0.05) is 0 Å². The molecule has 0 spiro atoms. The van der Waals surface area contributed by atoms with Crippen LogP contribution >= 0.6 is 0 Å². The first kappa shape index (κ1) is 24.2. The van der Waals surface area contributed by atoms with Gasteiger partial charge in [-0.05, 0) is 63.7 Å². The van der Waals surface area contributed by atoms with Crippen LogP contribution in [0, 0.1) is 28.6 Å². The van der Waals surface area contributed by atoms with Crippen LogP contribution in [-0.2, 0) is 9.53 Å². The lowest BCUT2D eigenvalue weighted by Crippen LogP contribution is -2.33. The molecule has 29 heavy (non-hydrogen) atoms. The monoisotopic (exact) mass is 403 g/mol. The summed E-state index contributed by atoms with van der Waals surface area (Å²) in [6, 6.07) is 2.60. The Labute approximate surface area is 180 Å². The lowest BCUT2D eigenvalue weighted by molar-refractivity contribution is -0.157. The molecule has 0 bridgehead atoms. The molecular formula is C26H45NO2. The van der Waals surface area contributed by atoms with Gasteiger partial charge in [-0.15, -0.1) is 0 Å². The third kappa shape index (κ3) is 8.31. The third-order valence-corrected chi connectivity index (χ3v) is 7.56. The number of nitriles is 1. The van der Waals surface area contributed by atoms with E-state index < -0.39 is 0 Å². The van der Waals surface area contributed by atoms with E-state index in [9.17, 15) is 10.1 Å². The molecule has 0 radical (unpaired) electrons. The number of hydrogen-bond donors (Lipinski definition) is 0. The van der Waals surface area contributed by atoms with E-state index in [1.54, 1.807) is 0 Å². The van der Waals surface area contributed by atoms with Crippen molar-refractivity contribution < 1.29 is 9.53 Å². The molecule has 3 heteroatoms. The van der Waals surface area contributed by atoms with Gasteiger partial charge >= 0.3 is 5.97 Å². The molecule has 0 aromatic carbocycles. The molecule has 0 aromatic rings. The molecule has 0 heterocycles. The molecule has 0 amide bonds. The largest absolute Gasteiger partial charge is 0.462 e. The first-order valence-electron chi connectivity index (χ1n) is 12.7. The molecule has 2 fully saturated rings. The molecule has 0 N–H and O–H groups in total. The predicted octanol–water partition coefficient (Wildman–Crippen LogP) is 7.73. The fraction of sp³-hybridized carbons (Fsp3) is 0.923. The number of carbonyl (C=O) groups excluding carboxylic acids is 1. The second-order valence-corrected chi connectivity index (χ2v) is 9.91. The van der Waals surface area contributed by atoms with Gasteiger partial charge in [0.05, 0.1) is 17.4 Å². The van der Waals surface area contributed by atoms with Crippen LogP contribution < -0.4 is 0 Å². The number of carbonyl (C=O) groups is 1. The van der Waals surface area contributed by atoms with Gasteiger partial charge in [0.1, 0.15) is 6.10 Å². The summed E-state index contributed by atoms with van der Waals surface area (Å²) in [5.41, 5.74) is -0.179. The van der Waals surface area contributed by atoms with Crippen LogP contribution in [0.2, 0.25) is 0 Å². The maximum atomic E-state index is 12.7. The highest BCUT2D eigenvalue weighted by atomic mass is 16.5. The molecule has 3 nitrogen and oxygen atoms in total. The lowest BCUT2D eigenvalue weighted by atomic mass is 9.69. The van der Waals surface area contributed by atoms with E-state index in [2.05, 4.69) is 19.9 Å². The van der Waals surface area contributed by atoms with E-state index in [1.165, 1.54) is 64.2 Å². The topological polar surface area (TPSA) is 50.1 Å². The standard InChI is InChI=1S/C26H45NO2/c1-3-5-7-8-9-11-22-12-14-24(15-13-22)29-25(28)23-16-19-26(21-27,20-17-23)18-10-6-4-2/h22-24H,3-20H2,1-2H3/t22-,23-,24-,26+. The van der Waals surface area contributed by atoms with Crippen LogP contribution in [-0.4, -0.2) is 12.1 Å². The Hall–Kier alpha value is -1.04. The Kier molecular flexibility index (Phi) is 11.1.